The number of pyridine rings is 1. The van der Waals surface area contributed by atoms with Gasteiger partial charge in [0, 0.05) is 11.8 Å². The van der Waals surface area contributed by atoms with E-state index in [2.05, 4.69) is 26.2 Å². The molecule has 0 unspecified atom stereocenters. The van der Waals surface area contributed by atoms with Gasteiger partial charge in [-0.1, -0.05) is 30.3 Å². The van der Waals surface area contributed by atoms with Gasteiger partial charge in [0.2, 0.25) is 0 Å². The lowest BCUT2D eigenvalue weighted by atomic mass is 10.1. The zero-order valence-corrected chi connectivity index (χ0v) is 15.3. The number of nitrogens with one attached hydrogen (secondary N) is 1. The van der Waals surface area contributed by atoms with Crippen molar-refractivity contribution in [1.82, 2.24) is 10.3 Å². The van der Waals surface area contributed by atoms with Gasteiger partial charge in [0.25, 0.3) is 5.91 Å². The van der Waals surface area contributed by atoms with Crippen LogP contribution in [0, 0.1) is 6.92 Å². The van der Waals surface area contributed by atoms with Crippen molar-refractivity contribution < 1.29 is 9.53 Å². The molecule has 2 rings (SSSR count). The Hall–Kier alpha value is -1.88. The highest BCUT2D eigenvalue weighted by molar-refractivity contribution is 9.10. The van der Waals surface area contributed by atoms with Crippen molar-refractivity contribution in [2.24, 2.45) is 0 Å². The summed E-state index contributed by atoms with van der Waals surface area (Å²) in [6, 6.07) is 11.5. The second-order valence-electron chi connectivity index (χ2n) is 5.70. The van der Waals surface area contributed by atoms with Gasteiger partial charge in [-0.05, 0) is 49.2 Å². The van der Waals surface area contributed by atoms with Crippen molar-refractivity contribution in [2.45, 2.75) is 39.8 Å². The van der Waals surface area contributed by atoms with Crippen molar-refractivity contribution in [1.29, 1.82) is 0 Å². The van der Waals surface area contributed by atoms with Crippen molar-refractivity contribution >= 4 is 21.8 Å². The summed E-state index contributed by atoms with van der Waals surface area (Å²) in [5.41, 5.74) is 2.26. The molecule has 23 heavy (non-hydrogen) atoms. The van der Waals surface area contributed by atoms with Crippen LogP contribution in [0.2, 0.25) is 0 Å². The highest BCUT2D eigenvalue weighted by Crippen LogP contribution is 2.28. The van der Waals surface area contributed by atoms with Crippen LogP contribution in [0.4, 0.5) is 0 Å². The van der Waals surface area contributed by atoms with E-state index in [9.17, 15) is 4.79 Å². The first-order valence-electron chi connectivity index (χ1n) is 7.58. The number of carbonyl (C=O) groups excluding carboxylic acids is 1. The molecule has 1 aromatic carbocycles. The Bertz CT molecular complexity index is 687. The highest BCUT2D eigenvalue weighted by Gasteiger charge is 2.21. The van der Waals surface area contributed by atoms with Crippen LogP contribution in [0.3, 0.4) is 0 Å². The Morgan fingerprint density at radius 2 is 1.87 bits per heavy atom. The summed E-state index contributed by atoms with van der Waals surface area (Å²) in [4.78, 5) is 17.0. The number of rotatable bonds is 5. The maximum Gasteiger partial charge on any atom is 0.258 e. The molecule has 0 saturated carbocycles. The van der Waals surface area contributed by atoms with E-state index >= 15 is 0 Å². The normalized spacial score (nSPS) is 12.1. The van der Waals surface area contributed by atoms with Gasteiger partial charge in [-0.3, -0.25) is 4.79 Å². The number of halogens is 1. The molecule has 5 heteroatoms. The first-order valence-corrected chi connectivity index (χ1v) is 8.37. The maximum atomic E-state index is 12.7. The molecule has 0 radical (unpaired) electrons. The SMILES string of the molecule is Cc1cc(OC(C)C)c(C(=O)N[C@@H](C)c2ccccc2)c(Br)n1. The third-order valence-corrected chi connectivity index (χ3v) is 3.88. The van der Waals surface area contributed by atoms with Gasteiger partial charge >= 0.3 is 0 Å². The summed E-state index contributed by atoms with van der Waals surface area (Å²) < 4.78 is 6.28. The average Bonchev–Trinajstić information content (AvgIpc) is 2.46. The molecular formula is C18H21BrN2O2. The molecule has 0 fully saturated rings. The molecule has 4 nitrogen and oxygen atoms in total. The Kier molecular flexibility index (Phi) is 5.77. The van der Waals surface area contributed by atoms with Gasteiger partial charge < -0.3 is 10.1 Å². The Morgan fingerprint density at radius 1 is 1.22 bits per heavy atom. The molecule has 1 aromatic heterocycles. The predicted molar refractivity (Wildman–Crippen MR) is 94.8 cm³/mol. The van der Waals surface area contributed by atoms with Gasteiger partial charge in [0.1, 0.15) is 15.9 Å². The lowest BCUT2D eigenvalue weighted by molar-refractivity contribution is 0.0932. The number of carbonyl (C=O) groups is 1. The first kappa shape index (κ1) is 17.5. The number of benzene rings is 1. The van der Waals surface area contributed by atoms with E-state index in [4.69, 9.17) is 4.74 Å². The fourth-order valence-electron chi connectivity index (χ4n) is 2.25. The smallest absolute Gasteiger partial charge is 0.258 e. The van der Waals surface area contributed by atoms with E-state index in [-0.39, 0.29) is 18.1 Å². The monoisotopic (exact) mass is 376 g/mol. The van der Waals surface area contributed by atoms with Gasteiger partial charge in [0.15, 0.2) is 0 Å². The highest BCUT2D eigenvalue weighted by atomic mass is 79.9. The van der Waals surface area contributed by atoms with Crippen LogP contribution in [-0.4, -0.2) is 17.0 Å². The van der Waals surface area contributed by atoms with Gasteiger partial charge in [-0.2, -0.15) is 0 Å². The molecular weight excluding hydrogens is 356 g/mol. The van der Waals surface area contributed by atoms with Crippen molar-refractivity contribution in [3.05, 3.63) is 57.8 Å². The van der Waals surface area contributed by atoms with E-state index in [0.717, 1.165) is 11.3 Å². The lowest BCUT2D eigenvalue weighted by Gasteiger charge is -2.18. The third-order valence-electron chi connectivity index (χ3n) is 3.30. The van der Waals surface area contributed by atoms with E-state index in [0.29, 0.717) is 15.9 Å². The maximum absolute atomic E-state index is 12.7. The van der Waals surface area contributed by atoms with Crippen LogP contribution in [0.15, 0.2) is 41.0 Å². The fourth-order valence-corrected chi connectivity index (χ4v) is 2.91. The molecule has 0 aliphatic heterocycles. The molecule has 0 aliphatic rings. The number of aryl methyl sites for hydroxylation is 1. The van der Waals surface area contributed by atoms with Gasteiger partial charge in [-0.25, -0.2) is 4.98 Å². The number of hydrogen-bond donors (Lipinski definition) is 1. The number of aromatic nitrogens is 1. The standard InChI is InChI=1S/C18H21BrN2O2/c1-11(2)23-15-10-12(3)20-17(19)16(15)18(22)21-13(4)14-8-6-5-7-9-14/h5-11,13H,1-4H3,(H,21,22)/t13-/m0/s1. The molecule has 0 spiro atoms. The molecule has 1 N–H and O–H groups in total. The number of hydrogen-bond acceptors (Lipinski definition) is 3. The molecule has 2 aromatic rings. The Balaban J connectivity index is 2.28. The molecule has 1 amide bonds. The molecule has 1 heterocycles. The summed E-state index contributed by atoms with van der Waals surface area (Å²) >= 11 is 3.38. The second kappa shape index (κ2) is 7.59. The van der Waals surface area contributed by atoms with Gasteiger partial charge in [0.05, 0.1) is 12.1 Å². The zero-order valence-electron chi connectivity index (χ0n) is 13.8. The van der Waals surface area contributed by atoms with Crippen LogP contribution in [0.1, 0.15) is 48.4 Å². The second-order valence-corrected chi connectivity index (χ2v) is 6.45. The summed E-state index contributed by atoms with van der Waals surface area (Å²) in [7, 11) is 0. The van der Waals surface area contributed by atoms with E-state index in [1.165, 1.54) is 0 Å². The van der Waals surface area contributed by atoms with Gasteiger partial charge in [-0.15, -0.1) is 0 Å². The molecule has 1 atom stereocenters. The lowest BCUT2D eigenvalue weighted by Crippen LogP contribution is -2.28. The minimum absolute atomic E-state index is 0.0261. The average molecular weight is 377 g/mol. The third kappa shape index (κ3) is 4.55. The number of ether oxygens (including phenoxy) is 1. The van der Waals surface area contributed by atoms with E-state index < -0.39 is 0 Å². The van der Waals surface area contributed by atoms with Crippen LogP contribution < -0.4 is 10.1 Å². The quantitative estimate of drug-likeness (QED) is 0.785. The molecule has 0 aliphatic carbocycles. The summed E-state index contributed by atoms with van der Waals surface area (Å²) in [6.45, 7) is 7.67. The van der Waals surface area contributed by atoms with E-state index in [1.807, 2.05) is 58.0 Å². The minimum Gasteiger partial charge on any atom is -0.490 e. The van der Waals surface area contributed by atoms with Crippen LogP contribution in [-0.2, 0) is 0 Å². The predicted octanol–water partition coefficient (Wildman–Crippen LogP) is 4.43. The Labute approximate surface area is 145 Å². The molecule has 0 saturated heterocycles. The molecule has 0 bridgehead atoms. The van der Waals surface area contributed by atoms with Crippen LogP contribution >= 0.6 is 15.9 Å². The summed E-state index contributed by atoms with van der Waals surface area (Å²) in [6.07, 6.45) is -0.0261. The van der Waals surface area contributed by atoms with E-state index in [1.54, 1.807) is 6.07 Å². The zero-order chi connectivity index (χ0) is 17.0. The minimum atomic E-state index is -0.212. The van der Waals surface area contributed by atoms with Crippen LogP contribution in [0.5, 0.6) is 5.75 Å². The fraction of sp³-hybridized carbons (Fsp3) is 0.333. The number of nitrogens with zero attached hydrogens (tertiary/aromatic N) is 1. The Morgan fingerprint density at radius 3 is 2.48 bits per heavy atom. The van der Waals surface area contributed by atoms with Crippen molar-refractivity contribution in [3.8, 4) is 5.75 Å². The van der Waals surface area contributed by atoms with Crippen molar-refractivity contribution in [3.63, 3.8) is 0 Å². The topological polar surface area (TPSA) is 51.2 Å². The van der Waals surface area contributed by atoms with Crippen molar-refractivity contribution in [2.75, 3.05) is 0 Å². The summed E-state index contributed by atoms with van der Waals surface area (Å²) in [5.74, 6) is 0.327. The molecule has 122 valence electrons. The number of amides is 1. The van der Waals surface area contributed by atoms with Crippen LogP contribution in [0.25, 0.3) is 0 Å². The largest absolute Gasteiger partial charge is 0.490 e. The first-order chi connectivity index (χ1) is 10.9. The summed E-state index contributed by atoms with van der Waals surface area (Å²) in [5, 5.41) is 3.00.